The molecule has 1 aromatic carbocycles. The first-order chi connectivity index (χ1) is 9.15. The summed E-state index contributed by atoms with van der Waals surface area (Å²) in [7, 11) is 0. The first-order valence-electron chi connectivity index (χ1n) is 6.98. The number of carbonyl (C=O) groups excluding carboxylic acids is 1. The fraction of sp³-hybridized carbons (Fsp3) is 0.533. The molecule has 0 saturated heterocycles. The van der Waals surface area contributed by atoms with Gasteiger partial charge in [-0.3, -0.25) is 4.79 Å². The highest BCUT2D eigenvalue weighted by molar-refractivity contribution is 6.31. The van der Waals surface area contributed by atoms with E-state index in [2.05, 4.69) is 5.32 Å². The van der Waals surface area contributed by atoms with E-state index in [1.165, 1.54) is 12.8 Å². The van der Waals surface area contributed by atoms with E-state index < -0.39 is 0 Å². The van der Waals surface area contributed by atoms with E-state index in [0.717, 1.165) is 25.3 Å². The minimum absolute atomic E-state index is 0.0767. The normalized spacial score (nSPS) is 14.3. The molecule has 0 bridgehead atoms. The average molecular weight is 281 g/mol. The van der Waals surface area contributed by atoms with Gasteiger partial charge in [0.25, 0.3) is 5.91 Å². The van der Waals surface area contributed by atoms with Crippen molar-refractivity contribution in [3.05, 3.63) is 28.8 Å². The van der Waals surface area contributed by atoms with Gasteiger partial charge < -0.3 is 10.2 Å². The highest BCUT2D eigenvalue weighted by atomic mass is 35.5. The second kappa shape index (κ2) is 6.29. The van der Waals surface area contributed by atoms with Crippen LogP contribution < -0.4 is 5.32 Å². The number of hydrogen-bond acceptors (Lipinski definition) is 2. The Morgan fingerprint density at radius 2 is 2.16 bits per heavy atom. The van der Waals surface area contributed by atoms with E-state index in [0.29, 0.717) is 16.5 Å². The van der Waals surface area contributed by atoms with E-state index >= 15 is 0 Å². The van der Waals surface area contributed by atoms with Gasteiger partial charge in [-0.05, 0) is 50.8 Å². The van der Waals surface area contributed by atoms with E-state index in [1.54, 1.807) is 6.07 Å². The molecular weight excluding hydrogens is 260 g/mol. The van der Waals surface area contributed by atoms with E-state index in [9.17, 15) is 4.79 Å². The fourth-order valence-corrected chi connectivity index (χ4v) is 2.35. The molecule has 0 radical (unpaired) electrons. The molecule has 1 fully saturated rings. The Morgan fingerprint density at radius 3 is 2.74 bits per heavy atom. The van der Waals surface area contributed by atoms with Crippen molar-refractivity contribution in [2.75, 3.05) is 25.0 Å². The molecule has 4 heteroatoms. The van der Waals surface area contributed by atoms with Crippen molar-refractivity contribution in [2.45, 2.75) is 26.7 Å². The van der Waals surface area contributed by atoms with Crippen molar-refractivity contribution in [1.29, 1.82) is 0 Å². The van der Waals surface area contributed by atoms with Crippen LogP contribution in [0, 0.1) is 5.92 Å². The molecule has 1 aliphatic carbocycles. The molecule has 104 valence electrons. The number of hydrogen-bond donors (Lipinski definition) is 1. The third-order valence-corrected chi connectivity index (χ3v) is 3.66. The maximum atomic E-state index is 12.6. The molecule has 3 nitrogen and oxygen atoms in total. The number of halogens is 1. The Labute approximate surface area is 119 Å². The predicted octanol–water partition coefficient (Wildman–Crippen LogP) is 3.64. The van der Waals surface area contributed by atoms with Gasteiger partial charge in [0.2, 0.25) is 0 Å². The van der Waals surface area contributed by atoms with Gasteiger partial charge in [-0.15, -0.1) is 0 Å². The number of nitrogens with one attached hydrogen (secondary N) is 1. The van der Waals surface area contributed by atoms with Crippen LogP contribution in [0.25, 0.3) is 0 Å². The van der Waals surface area contributed by atoms with Crippen LogP contribution in [-0.2, 0) is 0 Å². The van der Waals surface area contributed by atoms with Gasteiger partial charge in [0, 0.05) is 30.3 Å². The summed E-state index contributed by atoms with van der Waals surface area (Å²) in [4.78, 5) is 14.5. The number of amides is 1. The van der Waals surface area contributed by atoms with Gasteiger partial charge >= 0.3 is 0 Å². The third-order valence-electron chi connectivity index (χ3n) is 3.42. The van der Waals surface area contributed by atoms with Crippen molar-refractivity contribution >= 4 is 23.2 Å². The van der Waals surface area contributed by atoms with Crippen molar-refractivity contribution in [3.8, 4) is 0 Å². The van der Waals surface area contributed by atoms with Gasteiger partial charge in [0.15, 0.2) is 0 Å². The van der Waals surface area contributed by atoms with Gasteiger partial charge in [-0.1, -0.05) is 11.6 Å². The molecule has 0 aliphatic heterocycles. The SMILES string of the molecule is CCNc1ccc(Cl)cc1C(=O)N(CC)CC1CC1. The van der Waals surface area contributed by atoms with E-state index in [-0.39, 0.29) is 5.91 Å². The Hall–Kier alpha value is -1.22. The van der Waals surface area contributed by atoms with Crippen LogP contribution in [0.15, 0.2) is 18.2 Å². The number of benzene rings is 1. The molecule has 1 aliphatic rings. The van der Waals surface area contributed by atoms with Crippen LogP contribution in [0.3, 0.4) is 0 Å². The van der Waals surface area contributed by atoms with Crippen molar-refractivity contribution in [1.82, 2.24) is 4.90 Å². The molecule has 0 aromatic heterocycles. The van der Waals surface area contributed by atoms with Crippen LogP contribution in [0.1, 0.15) is 37.0 Å². The molecule has 0 heterocycles. The summed E-state index contributed by atoms with van der Waals surface area (Å²) < 4.78 is 0. The molecule has 19 heavy (non-hydrogen) atoms. The monoisotopic (exact) mass is 280 g/mol. The fourth-order valence-electron chi connectivity index (χ4n) is 2.18. The summed E-state index contributed by atoms with van der Waals surface area (Å²) in [5.74, 6) is 0.776. The first kappa shape index (κ1) is 14.2. The third kappa shape index (κ3) is 3.63. The maximum absolute atomic E-state index is 12.6. The lowest BCUT2D eigenvalue weighted by atomic mass is 10.1. The Morgan fingerprint density at radius 1 is 1.42 bits per heavy atom. The second-order valence-electron chi connectivity index (χ2n) is 5.01. The molecule has 1 N–H and O–H groups in total. The van der Waals surface area contributed by atoms with Crippen molar-refractivity contribution < 1.29 is 4.79 Å². The van der Waals surface area contributed by atoms with Crippen LogP contribution in [0.5, 0.6) is 0 Å². The summed E-state index contributed by atoms with van der Waals surface area (Å²) in [5, 5.41) is 3.83. The summed E-state index contributed by atoms with van der Waals surface area (Å²) >= 11 is 6.03. The highest BCUT2D eigenvalue weighted by Crippen LogP contribution is 2.31. The Bertz CT molecular complexity index is 457. The van der Waals surface area contributed by atoms with Crippen LogP contribution in [-0.4, -0.2) is 30.4 Å². The molecule has 0 spiro atoms. The number of carbonyl (C=O) groups is 1. The average Bonchev–Trinajstić information content (AvgIpc) is 3.21. The van der Waals surface area contributed by atoms with Crippen LogP contribution >= 0.6 is 11.6 Å². The number of nitrogens with zero attached hydrogens (tertiary/aromatic N) is 1. The molecular formula is C15H21ClN2O. The van der Waals surface area contributed by atoms with Crippen molar-refractivity contribution in [3.63, 3.8) is 0 Å². The minimum Gasteiger partial charge on any atom is -0.385 e. The summed E-state index contributed by atoms with van der Waals surface area (Å²) in [6, 6.07) is 5.45. The molecule has 0 unspecified atom stereocenters. The largest absolute Gasteiger partial charge is 0.385 e. The van der Waals surface area contributed by atoms with Crippen molar-refractivity contribution in [2.24, 2.45) is 5.92 Å². The maximum Gasteiger partial charge on any atom is 0.256 e. The standard InChI is InChI=1S/C15H21ClN2O/c1-3-17-14-8-7-12(16)9-13(14)15(19)18(4-2)10-11-5-6-11/h7-9,11,17H,3-6,10H2,1-2H3. The summed E-state index contributed by atoms with van der Waals surface area (Å²) in [6.07, 6.45) is 2.50. The minimum atomic E-state index is 0.0767. The second-order valence-corrected chi connectivity index (χ2v) is 5.44. The van der Waals surface area contributed by atoms with E-state index in [4.69, 9.17) is 11.6 Å². The summed E-state index contributed by atoms with van der Waals surface area (Å²) in [5.41, 5.74) is 1.54. The summed E-state index contributed by atoms with van der Waals surface area (Å²) in [6.45, 7) is 6.44. The van der Waals surface area contributed by atoms with Crippen LogP contribution in [0.4, 0.5) is 5.69 Å². The van der Waals surface area contributed by atoms with Gasteiger partial charge in [0.1, 0.15) is 0 Å². The number of rotatable bonds is 6. The Balaban J connectivity index is 2.21. The van der Waals surface area contributed by atoms with Gasteiger partial charge in [-0.2, -0.15) is 0 Å². The first-order valence-corrected chi connectivity index (χ1v) is 7.36. The van der Waals surface area contributed by atoms with Gasteiger partial charge in [0.05, 0.1) is 5.56 Å². The zero-order valence-corrected chi connectivity index (χ0v) is 12.3. The smallest absolute Gasteiger partial charge is 0.256 e. The molecule has 2 rings (SSSR count). The molecule has 1 aromatic rings. The van der Waals surface area contributed by atoms with Gasteiger partial charge in [-0.25, -0.2) is 0 Å². The van der Waals surface area contributed by atoms with E-state index in [1.807, 2.05) is 30.9 Å². The quantitative estimate of drug-likeness (QED) is 0.863. The molecule has 1 amide bonds. The highest BCUT2D eigenvalue weighted by Gasteiger charge is 2.27. The topological polar surface area (TPSA) is 32.3 Å². The lowest BCUT2D eigenvalue weighted by Gasteiger charge is -2.22. The van der Waals surface area contributed by atoms with Crippen LogP contribution in [0.2, 0.25) is 5.02 Å². The molecule has 1 saturated carbocycles. The lowest BCUT2D eigenvalue weighted by molar-refractivity contribution is 0.0758. The molecule has 0 atom stereocenters. The zero-order valence-electron chi connectivity index (χ0n) is 11.6. The zero-order chi connectivity index (χ0) is 13.8. The Kier molecular flexibility index (Phi) is 4.70. The predicted molar refractivity (Wildman–Crippen MR) is 79.9 cm³/mol. The lowest BCUT2D eigenvalue weighted by Crippen LogP contribution is -2.33. The number of anilines is 1.